The zero-order valence-electron chi connectivity index (χ0n) is 16.3. The third kappa shape index (κ3) is 12.2. The molecule has 2 rings (SSSR count). The minimum absolute atomic E-state index is 0.0255. The third-order valence-electron chi connectivity index (χ3n) is 2.91. The van der Waals surface area contributed by atoms with Crippen LogP contribution in [0, 0.1) is 0 Å². The van der Waals surface area contributed by atoms with Crippen molar-refractivity contribution in [3.8, 4) is 0 Å². The Kier molecular flexibility index (Phi) is 18.9. The van der Waals surface area contributed by atoms with E-state index in [4.69, 9.17) is 11.6 Å². The Balaban J connectivity index is 0. The summed E-state index contributed by atoms with van der Waals surface area (Å²) in [6, 6.07) is 0.126. The standard InChI is InChI=1S/C8H14FN.C6H7ClN2OS.2C2H6/c1-3-4-5-8(9)6-7-10-2;7-6-8-3-5-4(9-6)1-2-11(5)10;2*1-2/h4-6,10H,3,7H2,1-2H3;3-5H,1-2H2;2*1-2H3/b5-4-,8-6+;;;. The molecular weight excluding hydrogens is 361 g/mol. The molecule has 0 aliphatic carbocycles. The van der Waals surface area contributed by atoms with E-state index < -0.39 is 10.8 Å². The van der Waals surface area contributed by atoms with Crippen LogP contribution in [0.2, 0.25) is 0 Å². The van der Waals surface area contributed by atoms with Crippen molar-refractivity contribution in [1.29, 1.82) is 0 Å². The highest BCUT2D eigenvalue weighted by atomic mass is 35.5. The summed E-state index contributed by atoms with van der Waals surface area (Å²) in [5.41, 5.74) is 0. The Morgan fingerprint density at radius 1 is 1.44 bits per heavy atom. The molecule has 2 aliphatic rings. The van der Waals surface area contributed by atoms with E-state index in [9.17, 15) is 8.60 Å². The molecule has 0 amide bonds. The topological polar surface area (TPSA) is 53.8 Å². The highest BCUT2D eigenvalue weighted by Gasteiger charge is 2.34. The Bertz CT molecular complexity index is 479. The average molecular weight is 394 g/mol. The average Bonchev–Trinajstić information content (AvgIpc) is 3.02. The molecule has 3 atom stereocenters. The lowest BCUT2D eigenvalue weighted by molar-refractivity contribution is 0.658. The number of hydrogen-bond donors (Lipinski definition) is 1. The van der Waals surface area contributed by atoms with Gasteiger partial charge in [0.15, 0.2) is 0 Å². The Hall–Kier alpha value is -0.850. The first-order chi connectivity index (χ1) is 12.1. The summed E-state index contributed by atoms with van der Waals surface area (Å²) in [4.78, 5) is 7.91. The van der Waals surface area contributed by atoms with Crippen molar-refractivity contribution in [3.63, 3.8) is 0 Å². The molecule has 25 heavy (non-hydrogen) atoms. The number of hydrogen-bond acceptors (Lipinski definition) is 4. The number of likely N-dealkylation sites (N-methyl/N-ethyl adjacent to an activating group) is 1. The summed E-state index contributed by atoms with van der Waals surface area (Å²) >= 11 is 5.58. The van der Waals surface area contributed by atoms with Crippen LogP contribution in [-0.4, -0.2) is 46.4 Å². The zero-order chi connectivity index (χ0) is 19.7. The van der Waals surface area contributed by atoms with Gasteiger partial charge in [0.05, 0.1) is 11.3 Å². The Labute approximate surface area is 160 Å². The van der Waals surface area contributed by atoms with E-state index in [0.717, 1.165) is 18.6 Å². The molecule has 1 saturated heterocycles. The monoisotopic (exact) mass is 393 g/mol. The molecule has 146 valence electrons. The van der Waals surface area contributed by atoms with Gasteiger partial charge in [-0.05, 0) is 43.6 Å². The summed E-state index contributed by atoms with van der Waals surface area (Å²) in [7, 11) is 1.02. The van der Waals surface area contributed by atoms with Crippen molar-refractivity contribution in [2.75, 3.05) is 19.3 Å². The maximum absolute atomic E-state index is 12.5. The molecule has 7 heteroatoms. The number of amidine groups is 1. The second kappa shape index (κ2) is 18.0. The first-order valence-corrected chi connectivity index (χ1v) is 10.7. The van der Waals surface area contributed by atoms with Gasteiger partial charge in [-0.2, -0.15) is 0 Å². The van der Waals surface area contributed by atoms with Gasteiger partial charge in [0.1, 0.15) is 5.83 Å². The van der Waals surface area contributed by atoms with E-state index in [-0.39, 0.29) is 17.1 Å². The smallest absolute Gasteiger partial charge is 0.217 e. The van der Waals surface area contributed by atoms with E-state index in [1.165, 1.54) is 12.2 Å². The fourth-order valence-corrected chi connectivity index (χ4v) is 3.49. The van der Waals surface area contributed by atoms with Crippen LogP contribution in [0.15, 0.2) is 34.0 Å². The Morgan fingerprint density at radius 2 is 2.08 bits per heavy atom. The van der Waals surface area contributed by atoms with Crippen molar-refractivity contribution in [1.82, 2.24) is 5.32 Å². The minimum Gasteiger partial charge on any atom is -0.316 e. The van der Waals surface area contributed by atoms with Crippen LogP contribution in [0.3, 0.4) is 0 Å². The maximum Gasteiger partial charge on any atom is 0.217 e. The van der Waals surface area contributed by atoms with Crippen LogP contribution >= 0.6 is 11.6 Å². The minimum atomic E-state index is -0.769. The summed E-state index contributed by atoms with van der Waals surface area (Å²) < 4.78 is 23.7. The predicted octanol–water partition coefficient (Wildman–Crippen LogP) is 4.63. The van der Waals surface area contributed by atoms with Crippen LogP contribution in [-0.2, 0) is 10.8 Å². The van der Waals surface area contributed by atoms with Crippen molar-refractivity contribution in [2.24, 2.45) is 9.98 Å². The number of rotatable bonds is 4. The van der Waals surface area contributed by atoms with Crippen molar-refractivity contribution < 1.29 is 8.60 Å². The van der Waals surface area contributed by atoms with Gasteiger partial charge in [-0.3, -0.25) is 9.20 Å². The van der Waals surface area contributed by atoms with Gasteiger partial charge in [0.25, 0.3) is 0 Å². The molecule has 4 nitrogen and oxygen atoms in total. The molecule has 2 heterocycles. The van der Waals surface area contributed by atoms with Gasteiger partial charge in [-0.1, -0.05) is 40.7 Å². The lowest BCUT2D eigenvalue weighted by Gasteiger charge is -2.12. The molecule has 0 aromatic rings. The van der Waals surface area contributed by atoms with E-state index >= 15 is 0 Å². The molecule has 0 spiro atoms. The molecule has 0 bridgehead atoms. The summed E-state index contributed by atoms with van der Waals surface area (Å²) in [6.07, 6.45) is 8.20. The van der Waals surface area contributed by atoms with Crippen LogP contribution < -0.4 is 5.32 Å². The second-order valence-electron chi connectivity index (χ2n) is 4.54. The fraction of sp³-hybridized carbons (Fsp3) is 0.667. The van der Waals surface area contributed by atoms with E-state index in [1.807, 2.05) is 34.6 Å². The molecule has 0 saturated carbocycles. The molecule has 0 aromatic carbocycles. The van der Waals surface area contributed by atoms with E-state index in [0.29, 0.717) is 11.8 Å². The van der Waals surface area contributed by atoms with Crippen molar-refractivity contribution in [3.05, 3.63) is 24.1 Å². The number of nitrogens with zero attached hydrogens (tertiary/aromatic N) is 2. The predicted molar refractivity (Wildman–Crippen MR) is 112 cm³/mol. The number of allylic oxidation sites excluding steroid dienone is 3. The number of nitrogens with one attached hydrogen (secondary N) is 1. The van der Waals surface area contributed by atoms with Crippen LogP contribution in [0.4, 0.5) is 4.39 Å². The van der Waals surface area contributed by atoms with Crippen LogP contribution in [0.25, 0.3) is 0 Å². The SMILES string of the molecule is CC.CC.CC/C=C\C(F)=C/CNC.O=S1CCC2N=C(Cl)N=CC21. The third-order valence-corrected chi connectivity index (χ3v) is 4.79. The van der Waals surface area contributed by atoms with Crippen molar-refractivity contribution >= 4 is 33.9 Å². The zero-order valence-corrected chi connectivity index (χ0v) is 17.8. The summed E-state index contributed by atoms with van der Waals surface area (Å²) in [5, 5.41) is 3.15. The lowest BCUT2D eigenvalue weighted by atomic mass is 10.2. The molecule has 3 unspecified atom stereocenters. The van der Waals surface area contributed by atoms with Crippen LogP contribution in [0.1, 0.15) is 47.5 Å². The highest BCUT2D eigenvalue weighted by molar-refractivity contribution is 7.86. The number of fused-ring (bicyclic) bond motifs is 1. The molecule has 0 aromatic heterocycles. The van der Waals surface area contributed by atoms with Gasteiger partial charge in [-0.25, -0.2) is 9.38 Å². The first-order valence-electron chi connectivity index (χ1n) is 8.90. The molecule has 1 fully saturated rings. The van der Waals surface area contributed by atoms with Gasteiger partial charge < -0.3 is 5.32 Å². The fourth-order valence-electron chi connectivity index (χ4n) is 1.82. The van der Waals surface area contributed by atoms with Gasteiger partial charge in [0, 0.05) is 29.3 Å². The first kappa shape index (κ1) is 26.4. The van der Waals surface area contributed by atoms with Gasteiger partial charge in [0.2, 0.25) is 5.29 Å². The quantitative estimate of drug-likeness (QED) is 0.559. The second-order valence-corrected chi connectivity index (χ2v) is 6.59. The molecule has 2 aliphatic heterocycles. The molecular formula is C18H33ClFN3OS. The summed E-state index contributed by atoms with van der Waals surface area (Å²) in [5.74, 6) is 0.561. The van der Waals surface area contributed by atoms with Crippen LogP contribution in [0.5, 0.6) is 0 Å². The maximum atomic E-state index is 12.5. The normalized spacial score (nSPS) is 24.1. The Morgan fingerprint density at radius 3 is 2.64 bits per heavy atom. The van der Waals surface area contributed by atoms with E-state index in [1.54, 1.807) is 19.3 Å². The van der Waals surface area contributed by atoms with Gasteiger partial charge in [-0.15, -0.1) is 0 Å². The lowest BCUT2D eigenvalue weighted by Crippen LogP contribution is -2.26. The largest absolute Gasteiger partial charge is 0.316 e. The number of halogens is 2. The van der Waals surface area contributed by atoms with E-state index in [2.05, 4.69) is 15.3 Å². The van der Waals surface area contributed by atoms with Gasteiger partial charge >= 0.3 is 0 Å². The molecule has 1 N–H and O–H groups in total. The summed E-state index contributed by atoms with van der Waals surface area (Å²) in [6.45, 7) is 10.6. The highest BCUT2D eigenvalue weighted by Crippen LogP contribution is 2.22. The van der Waals surface area contributed by atoms with Crippen molar-refractivity contribution in [2.45, 2.75) is 58.8 Å². The number of aliphatic imine (C=N–C) groups is 2. The molecule has 0 radical (unpaired) electrons.